The molecule has 1 N–H and O–H groups in total. The molecular weight excluding hydrogens is 276 g/mol. The normalized spacial score (nSPS) is 20.6. The first-order valence-corrected chi connectivity index (χ1v) is 8.42. The first kappa shape index (κ1) is 14.8. The van der Waals surface area contributed by atoms with Crippen LogP contribution in [0.3, 0.4) is 0 Å². The van der Waals surface area contributed by atoms with Crippen molar-refractivity contribution >= 4 is 21.4 Å². The van der Waals surface area contributed by atoms with Crippen LogP contribution in [0.1, 0.15) is 22.3 Å². The van der Waals surface area contributed by atoms with Crippen LogP contribution in [0.2, 0.25) is 0 Å². The van der Waals surface area contributed by atoms with E-state index in [4.69, 9.17) is 0 Å². The second-order valence-corrected chi connectivity index (χ2v) is 7.48. The molecule has 20 heavy (non-hydrogen) atoms. The summed E-state index contributed by atoms with van der Waals surface area (Å²) >= 11 is 0. The summed E-state index contributed by atoms with van der Waals surface area (Å²) in [7, 11) is 0.524. The van der Waals surface area contributed by atoms with Gasteiger partial charge in [-0.25, -0.2) is 8.42 Å². The topological polar surface area (TPSA) is 66.5 Å². The lowest BCUT2D eigenvalue weighted by Gasteiger charge is -2.24. The number of hydrogen-bond donors (Lipinski definition) is 1. The van der Waals surface area contributed by atoms with Crippen molar-refractivity contribution in [3.05, 3.63) is 29.3 Å². The van der Waals surface area contributed by atoms with E-state index >= 15 is 0 Å². The van der Waals surface area contributed by atoms with Crippen molar-refractivity contribution in [2.45, 2.75) is 19.4 Å². The molecule has 0 radical (unpaired) electrons. The van der Waals surface area contributed by atoms with E-state index in [1.165, 1.54) is 0 Å². The van der Waals surface area contributed by atoms with Crippen molar-refractivity contribution in [3.8, 4) is 0 Å². The Morgan fingerprint density at radius 3 is 2.60 bits per heavy atom. The average Bonchev–Trinajstić information content (AvgIpc) is 2.77. The second kappa shape index (κ2) is 5.44. The quantitative estimate of drug-likeness (QED) is 0.913. The van der Waals surface area contributed by atoms with Crippen LogP contribution >= 0.6 is 0 Å². The zero-order valence-corrected chi connectivity index (χ0v) is 12.8. The molecule has 1 aliphatic rings. The Balaban J connectivity index is 2.19. The third kappa shape index (κ3) is 2.95. The Hall–Kier alpha value is -1.56. The standard InChI is InChI=1S/C14H20N2O3S/c1-10-8-11(15-2)4-5-13(10)14(17)16(3)12-6-7-20(18,19)9-12/h4-5,8,12,15H,6-7,9H2,1-3H3. The summed E-state index contributed by atoms with van der Waals surface area (Å²) in [6, 6.07) is 5.32. The predicted molar refractivity (Wildman–Crippen MR) is 79.9 cm³/mol. The number of aryl methyl sites for hydroxylation is 1. The van der Waals surface area contributed by atoms with E-state index in [0.717, 1.165) is 11.3 Å². The summed E-state index contributed by atoms with van der Waals surface area (Å²) in [5.74, 6) is 0.128. The predicted octanol–water partition coefficient (Wildman–Crippen LogP) is 1.30. The fourth-order valence-corrected chi connectivity index (χ4v) is 4.27. The lowest BCUT2D eigenvalue weighted by molar-refractivity contribution is 0.0747. The zero-order valence-electron chi connectivity index (χ0n) is 12.0. The van der Waals surface area contributed by atoms with Gasteiger partial charge >= 0.3 is 0 Å². The number of sulfone groups is 1. The summed E-state index contributed by atoms with van der Waals surface area (Å²) in [4.78, 5) is 14.0. The molecule has 1 heterocycles. The lowest BCUT2D eigenvalue weighted by Crippen LogP contribution is -2.38. The molecular formula is C14H20N2O3S. The molecule has 0 bridgehead atoms. The Bertz CT molecular complexity index is 625. The summed E-state index contributed by atoms with van der Waals surface area (Å²) in [5.41, 5.74) is 2.45. The Morgan fingerprint density at radius 1 is 1.40 bits per heavy atom. The smallest absolute Gasteiger partial charge is 0.254 e. The number of hydrogen-bond acceptors (Lipinski definition) is 4. The van der Waals surface area contributed by atoms with E-state index in [9.17, 15) is 13.2 Å². The van der Waals surface area contributed by atoms with Crippen LogP contribution in [0.15, 0.2) is 18.2 Å². The van der Waals surface area contributed by atoms with Gasteiger partial charge in [-0.3, -0.25) is 4.79 Å². The maximum absolute atomic E-state index is 12.5. The number of anilines is 1. The van der Waals surface area contributed by atoms with Crippen molar-refractivity contribution in [2.24, 2.45) is 0 Å². The van der Waals surface area contributed by atoms with Gasteiger partial charge in [-0.2, -0.15) is 0 Å². The molecule has 1 aliphatic heterocycles. The van der Waals surface area contributed by atoms with Crippen LogP contribution in [0.25, 0.3) is 0 Å². The molecule has 1 aromatic rings. The number of carbonyl (C=O) groups is 1. The molecule has 2 rings (SSSR count). The van der Waals surface area contributed by atoms with Crippen molar-refractivity contribution in [1.29, 1.82) is 0 Å². The van der Waals surface area contributed by atoms with Gasteiger partial charge in [0.25, 0.3) is 5.91 Å². The Labute approximate surface area is 119 Å². The van der Waals surface area contributed by atoms with Crippen LogP contribution in [0.5, 0.6) is 0 Å². The Morgan fingerprint density at radius 2 is 2.10 bits per heavy atom. The maximum atomic E-state index is 12.5. The molecule has 1 aromatic carbocycles. The van der Waals surface area contributed by atoms with Crippen molar-refractivity contribution in [2.75, 3.05) is 30.9 Å². The SMILES string of the molecule is CNc1ccc(C(=O)N(C)C2CCS(=O)(=O)C2)c(C)c1. The number of carbonyl (C=O) groups excluding carboxylic acids is 1. The lowest BCUT2D eigenvalue weighted by atomic mass is 10.1. The van der Waals surface area contributed by atoms with Crippen LogP contribution in [0.4, 0.5) is 5.69 Å². The van der Waals surface area contributed by atoms with Crippen molar-refractivity contribution in [3.63, 3.8) is 0 Å². The number of nitrogens with zero attached hydrogens (tertiary/aromatic N) is 1. The number of amides is 1. The summed E-state index contributed by atoms with van der Waals surface area (Å²) in [6.45, 7) is 1.88. The second-order valence-electron chi connectivity index (χ2n) is 5.25. The third-order valence-electron chi connectivity index (χ3n) is 3.82. The van der Waals surface area contributed by atoms with Gasteiger partial charge in [0.15, 0.2) is 9.84 Å². The van der Waals surface area contributed by atoms with Gasteiger partial charge in [0.2, 0.25) is 0 Å². The molecule has 1 unspecified atom stereocenters. The Kier molecular flexibility index (Phi) is 4.04. The van der Waals surface area contributed by atoms with Crippen molar-refractivity contribution < 1.29 is 13.2 Å². The fraction of sp³-hybridized carbons (Fsp3) is 0.500. The minimum atomic E-state index is -2.98. The number of benzene rings is 1. The van der Waals surface area contributed by atoms with Gasteiger partial charge in [-0.05, 0) is 37.1 Å². The maximum Gasteiger partial charge on any atom is 0.254 e. The van der Waals surface area contributed by atoms with Gasteiger partial charge < -0.3 is 10.2 Å². The first-order chi connectivity index (χ1) is 9.34. The monoisotopic (exact) mass is 296 g/mol. The largest absolute Gasteiger partial charge is 0.388 e. The molecule has 0 aromatic heterocycles. The molecule has 1 atom stereocenters. The van der Waals surface area contributed by atoms with E-state index in [-0.39, 0.29) is 23.5 Å². The third-order valence-corrected chi connectivity index (χ3v) is 5.57. The molecule has 5 nitrogen and oxygen atoms in total. The molecule has 1 fully saturated rings. The molecule has 0 aliphatic carbocycles. The van der Waals surface area contributed by atoms with Crippen LogP contribution in [-0.4, -0.2) is 50.9 Å². The van der Waals surface area contributed by atoms with E-state index in [2.05, 4.69) is 5.32 Å². The van der Waals surface area contributed by atoms with Gasteiger partial charge in [0.05, 0.1) is 11.5 Å². The van der Waals surface area contributed by atoms with Crippen LogP contribution in [0, 0.1) is 6.92 Å². The number of rotatable bonds is 3. The first-order valence-electron chi connectivity index (χ1n) is 6.60. The van der Waals surface area contributed by atoms with Gasteiger partial charge in [0.1, 0.15) is 0 Å². The zero-order chi connectivity index (χ0) is 14.9. The molecule has 6 heteroatoms. The van der Waals surface area contributed by atoms with Gasteiger partial charge in [0, 0.05) is 31.4 Å². The minimum Gasteiger partial charge on any atom is -0.388 e. The molecule has 1 amide bonds. The van der Waals surface area contributed by atoms with Crippen LogP contribution in [-0.2, 0) is 9.84 Å². The van der Waals surface area contributed by atoms with E-state index < -0.39 is 9.84 Å². The highest BCUT2D eigenvalue weighted by Crippen LogP contribution is 2.21. The highest BCUT2D eigenvalue weighted by atomic mass is 32.2. The summed E-state index contributed by atoms with van der Waals surface area (Å²) < 4.78 is 23.0. The molecule has 110 valence electrons. The molecule has 0 spiro atoms. The highest BCUT2D eigenvalue weighted by Gasteiger charge is 2.33. The molecule has 1 saturated heterocycles. The highest BCUT2D eigenvalue weighted by molar-refractivity contribution is 7.91. The van der Waals surface area contributed by atoms with E-state index in [1.54, 1.807) is 18.0 Å². The van der Waals surface area contributed by atoms with E-state index in [0.29, 0.717) is 12.0 Å². The van der Waals surface area contributed by atoms with E-state index in [1.807, 2.05) is 26.1 Å². The van der Waals surface area contributed by atoms with Gasteiger partial charge in [-0.15, -0.1) is 0 Å². The van der Waals surface area contributed by atoms with Crippen LogP contribution < -0.4 is 5.32 Å². The van der Waals surface area contributed by atoms with Gasteiger partial charge in [-0.1, -0.05) is 0 Å². The fourth-order valence-electron chi connectivity index (χ4n) is 2.50. The summed E-state index contributed by atoms with van der Waals surface area (Å²) in [6.07, 6.45) is 0.526. The minimum absolute atomic E-state index is 0.0723. The molecule has 0 saturated carbocycles. The van der Waals surface area contributed by atoms with Crippen molar-refractivity contribution in [1.82, 2.24) is 4.90 Å². The average molecular weight is 296 g/mol. The summed E-state index contributed by atoms with van der Waals surface area (Å²) in [5, 5.41) is 3.02. The number of nitrogens with one attached hydrogen (secondary N) is 1.